The normalized spacial score (nSPS) is 11.1. The largest absolute Gasteiger partial charge is 0.338 e. The number of hydrogen-bond acceptors (Lipinski definition) is 3. The smallest absolute Gasteiger partial charge is 0.138 e. The maximum absolute atomic E-state index is 4.66. The summed E-state index contributed by atoms with van der Waals surface area (Å²) < 4.78 is 4.35. The number of aromatic amines is 1. The second-order valence-electron chi connectivity index (χ2n) is 5.02. The van der Waals surface area contributed by atoms with Crippen LogP contribution in [0.5, 0.6) is 0 Å². The van der Waals surface area contributed by atoms with E-state index in [1.165, 1.54) is 22.0 Å². The van der Waals surface area contributed by atoms with Crippen LogP contribution in [0.25, 0.3) is 32.9 Å². The predicted octanol–water partition coefficient (Wildman–Crippen LogP) is 4.66. The molecular formula is C17H13N3S. The van der Waals surface area contributed by atoms with Gasteiger partial charge in [-0.3, -0.25) is 0 Å². The van der Waals surface area contributed by atoms with E-state index in [0.29, 0.717) is 0 Å². The summed E-state index contributed by atoms with van der Waals surface area (Å²) in [5.41, 5.74) is 5.38. The summed E-state index contributed by atoms with van der Waals surface area (Å²) in [6.07, 6.45) is 0. The number of hydrogen-bond donors (Lipinski definition) is 1. The van der Waals surface area contributed by atoms with Gasteiger partial charge in [0.1, 0.15) is 5.82 Å². The highest BCUT2D eigenvalue weighted by Gasteiger charge is 2.07. The predicted molar refractivity (Wildman–Crippen MR) is 87.4 cm³/mol. The molecule has 21 heavy (non-hydrogen) atoms. The first-order chi connectivity index (χ1) is 10.3. The van der Waals surface area contributed by atoms with Crippen LogP contribution in [0.2, 0.25) is 0 Å². The number of H-pyrrole nitrogens is 1. The van der Waals surface area contributed by atoms with Crippen LogP contribution < -0.4 is 0 Å². The lowest BCUT2D eigenvalue weighted by Crippen LogP contribution is -1.81. The Morgan fingerprint density at radius 1 is 0.952 bits per heavy atom. The zero-order chi connectivity index (χ0) is 14.2. The zero-order valence-corrected chi connectivity index (χ0v) is 12.3. The molecule has 0 atom stereocenters. The van der Waals surface area contributed by atoms with Gasteiger partial charge in [0.25, 0.3) is 0 Å². The van der Waals surface area contributed by atoms with E-state index >= 15 is 0 Å². The van der Waals surface area contributed by atoms with E-state index in [1.54, 1.807) is 0 Å². The van der Waals surface area contributed by atoms with Crippen LogP contribution >= 0.6 is 11.5 Å². The highest BCUT2D eigenvalue weighted by atomic mass is 32.1. The fourth-order valence-corrected chi connectivity index (χ4v) is 3.16. The highest BCUT2D eigenvalue weighted by molar-refractivity contribution is 7.09. The highest BCUT2D eigenvalue weighted by Crippen LogP contribution is 2.28. The van der Waals surface area contributed by atoms with Crippen molar-refractivity contribution < 1.29 is 0 Å². The van der Waals surface area contributed by atoms with Gasteiger partial charge >= 0.3 is 0 Å². The monoisotopic (exact) mass is 291 g/mol. The van der Waals surface area contributed by atoms with Crippen LogP contribution in [0, 0.1) is 6.92 Å². The summed E-state index contributed by atoms with van der Waals surface area (Å²) in [5, 5.41) is 0. The second kappa shape index (κ2) is 4.82. The van der Waals surface area contributed by atoms with Crippen LogP contribution in [0.1, 0.15) is 5.69 Å². The summed E-state index contributed by atoms with van der Waals surface area (Å²) in [6.45, 7) is 2.02. The van der Waals surface area contributed by atoms with Crippen LogP contribution in [0.4, 0.5) is 0 Å². The van der Waals surface area contributed by atoms with Gasteiger partial charge in [0.2, 0.25) is 0 Å². The standard InChI is InChI=1S/C17H13N3S/c1-11-9-16(21-20-11)12-5-4-6-13(10-12)17-18-14-7-2-3-8-15(14)19-17/h2-10H,1H3,(H,18,19). The Morgan fingerprint density at radius 2 is 1.81 bits per heavy atom. The average molecular weight is 291 g/mol. The molecule has 0 saturated heterocycles. The molecule has 102 valence electrons. The lowest BCUT2D eigenvalue weighted by molar-refractivity contribution is 1.34. The Balaban J connectivity index is 1.81. The van der Waals surface area contributed by atoms with Gasteiger partial charge in [0.05, 0.1) is 21.6 Å². The summed E-state index contributed by atoms with van der Waals surface area (Å²) in [7, 11) is 0. The molecule has 0 radical (unpaired) electrons. The van der Waals surface area contributed by atoms with Gasteiger partial charge in [-0.15, -0.1) is 0 Å². The Morgan fingerprint density at radius 3 is 2.62 bits per heavy atom. The number of imidazole rings is 1. The molecule has 4 heteroatoms. The third-order valence-corrected chi connectivity index (χ3v) is 4.37. The van der Waals surface area contributed by atoms with Crippen molar-refractivity contribution in [1.29, 1.82) is 0 Å². The minimum Gasteiger partial charge on any atom is -0.338 e. The molecule has 2 aromatic heterocycles. The van der Waals surface area contributed by atoms with Crippen LogP contribution in [-0.4, -0.2) is 14.3 Å². The maximum Gasteiger partial charge on any atom is 0.138 e. The number of fused-ring (bicyclic) bond motifs is 1. The number of nitrogens with zero attached hydrogens (tertiary/aromatic N) is 2. The van der Waals surface area contributed by atoms with Crippen molar-refractivity contribution in [3.63, 3.8) is 0 Å². The van der Waals surface area contributed by atoms with Crippen molar-refractivity contribution >= 4 is 22.6 Å². The Kier molecular flexibility index (Phi) is 2.82. The van der Waals surface area contributed by atoms with Crippen LogP contribution in [-0.2, 0) is 0 Å². The van der Waals surface area contributed by atoms with E-state index in [0.717, 1.165) is 28.1 Å². The van der Waals surface area contributed by atoms with Crippen molar-refractivity contribution in [2.45, 2.75) is 6.92 Å². The Labute approximate surface area is 126 Å². The Hall–Kier alpha value is -2.46. The number of rotatable bonds is 2. The molecule has 0 saturated carbocycles. The molecule has 0 aliphatic rings. The van der Waals surface area contributed by atoms with Gasteiger partial charge in [-0.2, -0.15) is 4.37 Å². The molecule has 4 rings (SSSR count). The second-order valence-corrected chi connectivity index (χ2v) is 5.82. The van der Waals surface area contributed by atoms with E-state index in [2.05, 4.69) is 44.7 Å². The molecule has 2 aromatic carbocycles. The summed E-state index contributed by atoms with van der Waals surface area (Å²) in [5.74, 6) is 0.902. The molecule has 0 unspecified atom stereocenters. The number of para-hydroxylation sites is 2. The van der Waals surface area contributed by atoms with E-state index in [4.69, 9.17) is 0 Å². The average Bonchev–Trinajstić information content (AvgIpc) is 3.13. The molecule has 4 aromatic rings. The molecule has 0 amide bonds. The first kappa shape index (κ1) is 12.3. The van der Waals surface area contributed by atoms with Crippen LogP contribution in [0.3, 0.4) is 0 Å². The van der Waals surface area contributed by atoms with Crippen molar-refractivity contribution in [3.05, 3.63) is 60.3 Å². The summed E-state index contributed by atoms with van der Waals surface area (Å²) in [6, 6.07) is 18.6. The molecule has 0 bridgehead atoms. The lowest BCUT2D eigenvalue weighted by atomic mass is 10.1. The van der Waals surface area contributed by atoms with Crippen molar-refractivity contribution in [2.24, 2.45) is 0 Å². The fraction of sp³-hybridized carbons (Fsp3) is 0.0588. The minimum atomic E-state index is 0.902. The van der Waals surface area contributed by atoms with Gasteiger partial charge in [0.15, 0.2) is 0 Å². The minimum absolute atomic E-state index is 0.902. The molecular weight excluding hydrogens is 278 g/mol. The number of nitrogens with one attached hydrogen (secondary N) is 1. The first-order valence-corrected chi connectivity index (χ1v) is 7.56. The van der Waals surface area contributed by atoms with E-state index in [9.17, 15) is 0 Å². The molecule has 0 aliphatic heterocycles. The number of benzene rings is 2. The van der Waals surface area contributed by atoms with Crippen molar-refractivity contribution in [1.82, 2.24) is 14.3 Å². The Bertz CT molecular complexity index is 887. The van der Waals surface area contributed by atoms with Crippen molar-refractivity contribution in [2.75, 3.05) is 0 Å². The molecule has 0 aliphatic carbocycles. The third kappa shape index (κ3) is 2.23. The number of aryl methyl sites for hydroxylation is 1. The van der Waals surface area contributed by atoms with Gasteiger partial charge in [-0.25, -0.2) is 4.98 Å². The maximum atomic E-state index is 4.66. The summed E-state index contributed by atoms with van der Waals surface area (Å²) >= 11 is 1.53. The third-order valence-electron chi connectivity index (χ3n) is 3.44. The molecule has 0 fully saturated rings. The quantitative estimate of drug-likeness (QED) is 0.583. The van der Waals surface area contributed by atoms with E-state index < -0.39 is 0 Å². The van der Waals surface area contributed by atoms with Crippen molar-refractivity contribution in [3.8, 4) is 21.8 Å². The molecule has 1 N–H and O–H groups in total. The first-order valence-electron chi connectivity index (χ1n) is 6.78. The SMILES string of the molecule is Cc1cc(-c2cccc(-c3nc4ccccc4[nH]3)c2)sn1. The fourth-order valence-electron chi connectivity index (χ4n) is 2.41. The van der Waals surface area contributed by atoms with Crippen LogP contribution in [0.15, 0.2) is 54.6 Å². The van der Waals surface area contributed by atoms with Gasteiger partial charge in [0, 0.05) is 5.56 Å². The lowest BCUT2D eigenvalue weighted by Gasteiger charge is -2.00. The molecule has 0 spiro atoms. The summed E-state index contributed by atoms with van der Waals surface area (Å²) in [4.78, 5) is 9.21. The van der Waals surface area contributed by atoms with Gasteiger partial charge in [-0.1, -0.05) is 30.3 Å². The molecule has 2 heterocycles. The number of aromatic nitrogens is 3. The van der Waals surface area contributed by atoms with E-state index in [1.807, 2.05) is 31.2 Å². The van der Waals surface area contributed by atoms with Gasteiger partial charge in [-0.05, 0) is 48.3 Å². The van der Waals surface area contributed by atoms with Gasteiger partial charge < -0.3 is 4.98 Å². The zero-order valence-electron chi connectivity index (χ0n) is 11.5. The molecule has 3 nitrogen and oxygen atoms in total. The topological polar surface area (TPSA) is 41.6 Å². The van der Waals surface area contributed by atoms with E-state index in [-0.39, 0.29) is 0 Å².